The van der Waals surface area contributed by atoms with Gasteiger partial charge >= 0.3 is 0 Å². The lowest BCUT2D eigenvalue weighted by Crippen LogP contribution is -2.38. The molecule has 0 heterocycles. The molecule has 1 aromatic carbocycles. The highest BCUT2D eigenvalue weighted by Crippen LogP contribution is 2.41. The molecule has 1 fully saturated rings. The van der Waals surface area contributed by atoms with Crippen molar-refractivity contribution in [3.8, 4) is 17.2 Å². The third kappa shape index (κ3) is 3.69. The van der Waals surface area contributed by atoms with Crippen LogP contribution in [-0.4, -0.2) is 40.3 Å². The molecule has 1 aliphatic carbocycles. The molecule has 2 atom stereocenters. The average Bonchev–Trinajstić information content (AvgIpc) is 2.58. The summed E-state index contributed by atoms with van der Waals surface area (Å²) in [5.41, 5.74) is 6.72. The molecule has 1 aromatic rings. The number of rotatable bonds is 5. The molecule has 128 valence electrons. The highest BCUT2D eigenvalue weighted by Gasteiger charge is 2.29. The minimum atomic E-state index is -0.0251. The maximum Gasteiger partial charge on any atom is 0.229 e. The molecular weight excluding hydrogens is 296 g/mol. The van der Waals surface area contributed by atoms with Gasteiger partial charge in [-0.1, -0.05) is 6.42 Å². The van der Waals surface area contributed by atoms with Gasteiger partial charge in [0, 0.05) is 31.1 Å². The zero-order valence-electron chi connectivity index (χ0n) is 14.3. The number of ether oxygens (including phenoxy) is 3. The lowest BCUT2D eigenvalue weighted by atomic mass is 9.85. The van der Waals surface area contributed by atoms with E-state index in [1.165, 1.54) is 0 Å². The first-order chi connectivity index (χ1) is 11.0. The zero-order chi connectivity index (χ0) is 17.0. The van der Waals surface area contributed by atoms with Gasteiger partial charge in [0.05, 0.1) is 27.0 Å². The zero-order valence-corrected chi connectivity index (χ0v) is 14.3. The van der Waals surface area contributed by atoms with Crippen LogP contribution in [0.1, 0.15) is 25.7 Å². The highest BCUT2D eigenvalue weighted by atomic mass is 16.5. The van der Waals surface area contributed by atoms with Crippen molar-refractivity contribution in [3.05, 3.63) is 12.1 Å². The Labute approximate surface area is 137 Å². The third-order valence-electron chi connectivity index (χ3n) is 4.43. The Morgan fingerprint density at radius 3 is 2.22 bits per heavy atom. The summed E-state index contributed by atoms with van der Waals surface area (Å²) in [6, 6.07) is 3.68. The van der Waals surface area contributed by atoms with E-state index in [2.05, 4.69) is 0 Å². The van der Waals surface area contributed by atoms with Crippen LogP contribution in [-0.2, 0) is 4.79 Å². The first kappa shape index (κ1) is 17.4. The second-order valence-electron chi connectivity index (χ2n) is 5.90. The minimum Gasteiger partial charge on any atom is -0.493 e. The number of anilines is 1. The fourth-order valence-electron chi connectivity index (χ4n) is 3.11. The van der Waals surface area contributed by atoms with Crippen molar-refractivity contribution in [2.45, 2.75) is 31.7 Å². The second kappa shape index (κ2) is 7.55. The van der Waals surface area contributed by atoms with E-state index in [9.17, 15) is 4.79 Å². The number of hydrogen-bond acceptors (Lipinski definition) is 5. The smallest absolute Gasteiger partial charge is 0.229 e. The summed E-state index contributed by atoms with van der Waals surface area (Å²) in [5.74, 6) is 1.63. The van der Waals surface area contributed by atoms with Crippen molar-refractivity contribution in [3.63, 3.8) is 0 Å². The van der Waals surface area contributed by atoms with E-state index < -0.39 is 0 Å². The van der Waals surface area contributed by atoms with Crippen molar-refractivity contribution in [2.24, 2.45) is 11.7 Å². The first-order valence-corrected chi connectivity index (χ1v) is 7.85. The van der Waals surface area contributed by atoms with Gasteiger partial charge in [-0.25, -0.2) is 0 Å². The SMILES string of the molecule is COc1cc(N(C)C(=O)C2CCCC(N)C2)cc(OC)c1OC. The van der Waals surface area contributed by atoms with E-state index in [1.807, 2.05) is 0 Å². The third-order valence-corrected chi connectivity index (χ3v) is 4.43. The fraction of sp³-hybridized carbons (Fsp3) is 0.588. The summed E-state index contributed by atoms with van der Waals surface area (Å²) < 4.78 is 16.0. The number of carbonyl (C=O) groups is 1. The molecule has 6 heteroatoms. The van der Waals surface area contributed by atoms with Crippen molar-refractivity contribution in [2.75, 3.05) is 33.3 Å². The van der Waals surface area contributed by atoms with Crippen LogP contribution in [0.25, 0.3) is 0 Å². The largest absolute Gasteiger partial charge is 0.493 e. The van der Waals surface area contributed by atoms with E-state index in [-0.39, 0.29) is 17.9 Å². The first-order valence-electron chi connectivity index (χ1n) is 7.85. The summed E-state index contributed by atoms with van der Waals surface area (Å²) in [6.07, 6.45) is 3.63. The van der Waals surface area contributed by atoms with Gasteiger partial charge in [0.25, 0.3) is 0 Å². The highest BCUT2D eigenvalue weighted by molar-refractivity contribution is 5.95. The monoisotopic (exact) mass is 322 g/mol. The molecule has 23 heavy (non-hydrogen) atoms. The van der Waals surface area contributed by atoms with Crippen LogP contribution in [0.2, 0.25) is 0 Å². The molecule has 6 nitrogen and oxygen atoms in total. The van der Waals surface area contributed by atoms with Crippen molar-refractivity contribution >= 4 is 11.6 Å². The van der Waals surface area contributed by atoms with Crippen molar-refractivity contribution in [1.29, 1.82) is 0 Å². The van der Waals surface area contributed by atoms with Crippen molar-refractivity contribution in [1.82, 2.24) is 0 Å². The van der Waals surface area contributed by atoms with Gasteiger partial charge in [0.15, 0.2) is 11.5 Å². The summed E-state index contributed by atoms with van der Waals surface area (Å²) in [5, 5.41) is 0. The summed E-state index contributed by atoms with van der Waals surface area (Å²) in [6.45, 7) is 0. The molecule has 0 aromatic heterocycles. The van der Waals surface area contributed by atoms with Crippen LogP contribution in [0, 0.1) is 5.92 Å². The molecule has 0 saturated heterocycles. The van der Waals surface area contributed by atoms with Crippen LogP contribution in [0.3, 0.4) is 0 Å². The number of hydrogen-bond donors (Lipinski definition) is 1. The lowest BCUT2D eigenvalue weighted by Gasteiger charge is -2.30. The molecule has 1 aliphatic rings. The minimum absolute atomic E-state index is 0.0251. The van der Waals surface area contributed by atoms with Crippen LogP contribution in [0.15, 0.2) is 12.1 Å². The van der Waals surface area contributed by atoms with Gasteiger partial charge in [-0.15, -0.1) is 0 Å². The summed E-state index contributed by atoms with van der Waals surface area (Å²) in [7, 11) is 6.44. The Hall–Kier alpha value is -1.95. The molecule has 0 radical (unpaired) electrons. The van der Waals surface area contributed by atoms with E-state index in [0.717, 1.165) is 25.7 Å². The fourth-order valence-corrected chi connectivity index (χ4v) is 3.11. The molecule has 2 rings (SSSR count). The van der Waals surface area contributed by atoms with Gasteiger partial charge in [-0.3, -0.25) is 4.79 Å². The van der Waals surface area contributed by atoms with Crippen LogP contribution < -0.4 is 24.8 Å². The Balaban J connectivity index is 2.27. The number of methoxy groups -OCH3 is 3. The molecule has 2 N–H and O–H groups in total. The molecule has 1 saturated carbocycles. The summed E-state index contributed by atoms with van der Waals surface area (Å²) in [4.78, 5) is 14.4. The molecule has 0 spiro atoms. The predicted molar refractivity (Wildman–Crippen MR) is 89.4 cm³/mol. The number of nitrogens with two attached hydrogens (primary N) is 1. The van der Waals surface area contributed by atoms with Crippen LogP contribution in [0.5, 0.6) is 17.2 Å². The topological polar surface area (TPSA) is 74.0 Å². The number of benzene rings is 1. The van der Waals surface area contributed by atoms with Gasteiger partial charge in [0.1, 0.15) is 0 Å². The molecular formula is C17H26N2O4. The Kier molecular flexibility index (Phi) is 5.71. The van der Waals surface area contributed by atoms with E-state index in [4.69, 9.17) is 19.9 Å². The van der Waals surface area contributed by atoms with E-state index >= 15 is 0 Å². The standard InChI is InChI=1S/C17H26N2O4/c1-19(17(20)11-6-5-7-12(18)8-11)13-9-14(21-2)16(23-4)15(10-13)22-3/h9-12H,5-8,18H2,1-4H3. The molecule has 2 unspecified atom stereocenters. The summed E-state index contributed by atoms with van der Waals surface area (Å²) >= 11 is 0. The molecule has 0 aliphatic heterocycles. The molecule has 0 bridgehead atoms. The van der Waals surface area contributed by atoms with Gasteiger partial charge in [-0.05, 0) is 19.3 Å². The second-order valence-corrected chi connectivity index (χ2v) is 5.90. The maximum atomic E-state index is 12.8. The normalized spacial score (nSPS) is 20.7. The van der Waals surface area contributed by atoms with E-state index in [1.54, 1.807) is 45.4 Å². The van der Waals surface area contributed by atoms with Gasteiger partial charge in [-0.2, -0.15) is 0 Å². The van der Waals surface area contributed by atoms with Gasteiger partial charge in [0.2, 0.25) is 11.7 Å². The van der Waals surface area contributed by atoms with Crippen LogP contribution >= 0.6 is 0 Å². The van der Waals surface area contributed by atoms with E-state index in [0.29, 0.717) is 22.9 Å². The predicted octanol–water partition coefficient (Wildman–Crippen LogP) is 2.19. The number of carbonyl (C=O) groups excluding carboxylic acids is 1. The Morgan fingerprint density at radius 1 is 1.13 bits per heavy atom. The molecule has 1 amide bonds. The Bertz CT molecular complexity index is 537. The van der Waals surface area contributed by atoms with Crippen LogP contribution in [0.4, 0.5) is 5.69 Å². The number of amides is 1. The lowest BCUT2D eigenvalue weighted by molar-refractivity contribution is -0.123. The Morgan fingerprint density at radius 2 is 1.74 bits per heavy atom. The quantitative estimate of drug-likeness (QED) is 0.899. The van der Waals surface area contributed by atoms with Gasteiger partial charge < -0.3 is 24.8 Å². The number of nitrogens with zero attached hydrogens (tertiary/aromatic N) is 1. The maximum absolute atomic E-state index is 12.8. The van der Waals surface area contributed by atoms with Crippen molar-refractivity contribution < 1.29 is 19.0 Å². The average molecular weight is 322 g/mol.